The molecule has 2 fully saturated rings. The third-order valence-electron chi connectivity index (χ3n) is 5.31. The molecule has 0 aromatic heterocycles. The number of hydrogen-bond donors (Lipinski definition) is 1. The van der Waals surface area contributed by atoms with E-state index in [1.54, 1.807) is 0 Å². The van der Waals surface area contributed by atoms with E-state index in [1.807, 2.05) is 6.92 Å². The lowest BCUT2D eigenvalue weighted by Gasteiger charge is -2.35. The minimum absolute atomic E-state index is 0.0318. The van der Waals surface area contributed by atoms with Crippen LogP contribution in [0.15, 0.2) is 24.3 Å². The van der Waals surface area contributed by atoms with Crippen LogP contribution in [0.1, 0.15) is 56.8 Å². The van der Waals surface area contributed by atoms with Gasteiger partial charge in [0.15, 0.2) is 0 Å². The van der Waals surface area contributed by atoms with Crippen LogP contribution in [0.25, 0.3) is 0 Å². The maximum atomic E-state index is 12.7. The molecule has 0 bridgehead atoms. The van der Waals surface area contributed by atoms with E-state index in [1.165, 1.54) is 36.8 Å². The van der Waals surface area contributed by atoms with Gasteiger partial charge in [-0.05, 0) is 50.7 Å². The maximum absolute atomic E-state index is 12.7. The van der Waals surface area contributed by atoms with Gasteiger partial charge in [-0.2, -0.15) is 0 Å². The predicted molar refractivity (Wildman–Crippen MR) is 84.8 cm³/mol. The highest BCUT2D eigenvalue weighted by Crippen LogP contribution is 2.36. The second kappa shape index (κ2) is 5.80. The molecule has 1 saturated carbocycles. The van der Waals surface area contributed by atoms with Crippen LogP contribution < -0.4 is 5.32 Å². The molecule has 2 aliphatic rings. The number of carbonyl (C=O) groups excluding carboxylic acids is 1. The second-order valence-electron chi connectivity index (χ2n) is 6.68. The van der Waals surface area contributed by atoms with Gasteiger partial charge in [0.25, 0.3) is 0 Å². The summed E-state index contributed by atoms with van der Waals surface area (Å²) >= 11 is 0. The van der Waals surface area contributed by atoms with Crippen LogP contribution in [0.5, 0.6) is 0 Å². The molecule has 1 saturated heterocycles. The van der Waals surface area contributed by atoms with Crippen molar-refractivity contribution in [3.63, 3.8) is 0 Å². The normalized spacial score (nSPS) is 28.3. The van der Waals surface area contributed by atoms with Gasteiger partial charge >= 0.3 is 0 Å². The first-order valence-corrected chi connectivity index (χ1v) is 8.23. The zero-order chi connectivity index (χ0) is 15.0. The lowest BCUT2D eigenvalue weighted by molar-refractivity contribution is -0.132. The first kappa shape index (κ1) is 14.6. The van der Waals surface area contributed by atoms with Gasteiger partial charge in [0.2, 0.25) is 5.91 Å². The quantitative estimate of drug-likeness (QED) is 0.923. The zero-order valence-corrected chi connectivity index (χ0v) is 13.3. The van der Waals surface area contributed by atoms with Crippen molar-refractivity contribution in [1.82, 2.24) is 10.2 Å². The molecular formula is C18H26N2O. The summed E-state index contributed by atoms with van der Waals surface area (Å²) in [6, 6.07) is 8.63. The largest absolute Gasteiger partial charge is 0.319 e. The molecule has 3 rings (SSSR count). The number of benzene rings is 1. The molecular weight excluding hydrogens is 260 g/mol. The number of amides is 1. The molecule has 3 heteroatoms. The van der Waals surface area contributed by atoms with Crippen LogP contribution in [0, 0.1) is 12.8 Å². The van der Waals surface area contributed by atoms with Crippen LogP contribution in [-0.2, 0) is 4.79 Å². The molecule has 1 heterocycles. The minimum Gasteiger partial charge on any atom is -0.319 e. The van der Waals surface area contributed by atoms with Crippen molar-refractivity contribution >= 4 is 5.91 Å². The molecule has 1 aromatic rings. The van der Waals surface area contributed by atoms with E-state index in [9.17, 15) is 4.79 Å². The molecule has 0 spiro atoms. The van der Waals surface area contributed by atoms with Gasteiger partial charge < -0.3 is 4.90 Å². The number of nitrogens with one attached hydrogen (secondary N) is 1. The van der Waals surface area contributed by atoms with Crippen molar-refractivity contribution in [2.45, 2.75) is 64.7 Å². The summed E-state index contributed by atoms with van der Waals surface area (Å²) in [6.07, 6.45) is 5.19. The Morgan fingerprint density at radius 2 is 1.90 bits per heavy atom. The molecule has 0 radical (unpaired) electrons. The molecule has 3 nitrogen and oxygen atoms in total. The molecule has 1 aliphatic heterocycles. The van der Waals surface area contributed by atoms with Crippen molar-refractivity contribution in [1.29, 1.82) is 0 Å². The zero-order valence-electron chi connectivity index (χ0n) is 13.3. The monoisotopic (exact) mass is 286 g/mol. The van der Waals surface area contributed by atoms with Crippen LogP contribution in [0.4, 0.5) is 0 Å². The van der Waals surface area contributed by atoms with Crippen molar-refractivity contribution in [2.24, 2.45) is 5.92 Å². The Hall–Kier alpha value is -1.35. The van der Waals surface area contributed by atoms with Crippen LogP contribution in [0.2, 0.25) is 0 Å². The predicted octanol–water partition coefficient (Wildman–Crippen LogP) is 3.39. The van der Waals surface area contributed by atoms with Gasteiger partial charge in [-0.1, -0.05) is 37.1 Å². The Morgan fingerprint density at radius 3 is 2.57 bits per heavy atom. The van der Waals surface area contributed by atoms with E-state index in [-0.39, 0.29) is 18.1 Å². The van der Waals surface area contributed by atoms with E-state index in [0.29, 0.717) is 12.0 Å². The molecule has 114 valence electrons. The van der Waals surface area contributed by atoms with Crippen LogP contribution >= 0.6 is 0 Å². The number of aryl methyl sites for hydroxylation is 1. The van der Waals surface area contributed by atoms with E-state index >= 15 is 0 Å². The van der Waals surface area contributed by atoms with Gasteiger partial charge in [0, 0.05) is 6.04 Å². The summed E-state index contributed by atoms with van der Waals surface area (Å²) in [7, 11) is 0. The number of carbonyl (C=O) groups is 1. The molecule has 1 N–H and O–H groups in total. The fourth-order valence-electron chi connectivity index (χ4n) is 3.98. The van der Waals surface area contributed by atoms with Gasteiger partial charge in [0.05, 0.1) is 6.04 Å². The number of rotatable bonds is 3. The van der Waals surface area contributed by atoms with Crippen LogP contribution in [-0.4, -0.2) is 22.9 Å². The second-order valence-corrected chi connectivity index (χ2v) is 6.68. The Kier molecular flexibility index (Phi) is 4.03. The lowest BCUT2D eigenvalue weighted by Crippen LogP contribution is -2.42. The Labute approximate surface area is 127 Å². The summed E-state index contributed by atoms with van der Waals surface area (Å²) in [6.45, 7) is 6.34. The fraction of sp³-hybridized carbons (Fsp3) is 0.611. The van der Waals surface area contributed by atoms with E-state index in [0.717, 1.165) is 0 Å². The van der Waals surface area contributed by atoms with E-state index in [4.69, 9.17) is 0 Å². The molecule has 3 atom stereocenters. The SMILES string of the molecule is Cc1ccccc1C1NC(C)C(=O)N1C(C)C1CCCC1. The molecule has 1 aromatic carbocycles. The molecule has 21 heavy (non-hydrogen) atoms. The molecule has 1 amide bonds. The fourth-order valence-corrected chi connectivity index (χ4v) is 3.98. The lowest BCUT2D eigenvalue weighted by atomic mass is 9.96. The highest BCUT2D eigenvalue weighted by atomic mass is 16.2. The Bertz CT molecular complexity index is 522. The summed E-state index contributed by atoms with van der Waals surface area (Å²) in [4.78, 5) is 14.8. The van der Waals surface area contributed by atoms with Gasteiger partial charge in [0.1, 0.15) is 6.17 Å². The highest BCUT2D eigenvalue weighted by Gasteiger charge is 2.42. The third-order valence-corrected chi connectivity index (χ3v) is 5.31. The summed E-state index contributed by atoms with van der Waals surface area (Å²) in [5, 5.41) is 3.49. The maximum Gasteiger partial charge on any atom is 0.241 e. The standard InChI is InChI=1S/C18H26N2O/c1-12-8-4-7-11-16(12)17-19-13(2)18(21)20(17)14(3)15-9-5-6-10-15/h4,7-8,11,13-15,17,19H,5-6,9-10H2,1-3H3. The topological polar surface area (TPSA) is 32.3 Å². The average Bonchev–Trinajstić information content (AvgIpc) is 3.09. The minimum atomic E-state index is -0.0848. The number of hydrogen-bond acceptors (Lipinski definition) is 2. The summed E-state index contributed by atoms with van der Waals surface area (Å²) < 4.78 is 0. The Morgan fingerprint density at radius 1 is 1.24 bits per heavy atom. The van der Waals surface area contributed by atoms with Crippen molar-refractivity contribution in [3.05, 3.63) is 35.4 Å². The number of nitrogens with zero attached hydrogens (tertiary/aromatic N) is 1. The first-order valence-electron chi connectivity index (χ1n) is 8.23. The van der Waals surface area contributed by atoms with Crippen LogP contribution in [0.3, 0.4) is 0 Å². The van der Waals surface area contributed by atoms with Gasteiger partial charge in [-0.3, -0.25) is 10.1 Å². The molecule has 1 aliphatic carbocycles. The van der Waals surface area contributed by atoms with Crippen molar-refractivity contribution in [3.8, 4) is 0 Å². The van der Waals surface area contributed by atoms with Crippen molar-refractivity contribution < 1.29 is 4.79 Å². The highest BCUT2D eigenvalue weighted by molar-refractivity contribution is 5.84. The Balaban J connectivity index is 1.91. The van der Waals surface area contributed by atoms with Crippen molar-refractivity contribution in [2.75, 3.05) is 0 Å². The third kappa shape index (κ3) is 2.59. The first-order chi connectivity index (χ1) is 10.1. The smallest absolute Gasteiger partial charge is 0.241 e. The average molecular weight is 286 g/mol. The van der Waals surface area contributed by atoms with Gasteiger partial charge in [-0.15, -0.1) is 0 Å². The summed E-state index contributed by atoms with van der Waals surface area (Å²) in [5.74, 6) is 0.912. The van der Waals surface area contributed by atoms with Gasteiger partial charge in [-0.25, -0.2) is 0 Å². The molecule has 3 unspecified atom stereocenters. The summed E-state index contributed by atoms with van der Waals surface area (Å²) in [5.41, 5.74) is 2.49. The van der Waals surface area contributed by atoms with E-state index in [2.05, 4.69) is 48.3 Å². The van der Waals surface area contributed by atoms with E-state index < -0.39 is 0 Å².